The van der Waals surface area contributed by atoms with Gasteiger partial charge in [0, 0.05) is 42.3 Å². The van der Waals surface area contributed by atoms with E-state index in [9.17, 15) is 9.59 Å². The first-order valence-corrected chi connectivity index (χ1v) is 10.3. The smallest absolute Gasteiger partial charge is 0.257 e. The van der Waals surface area contributed by atoms with Crippen LogP contribution in [0, 0.1) is 13.8 Å². The predicted octanol–water partition coefficient (Wildman–Crippen LogP) is 2.67. The molecule has 3 aromatic rings. The van der Waals surface area contributed by atoms with Gasteiger partial charge in [0.25, 0.3) is 5.91 Å². The van der Waals surface area contributed by atoms with Crippen molar-refractivity contribution in [3.8, 4) is 11.5 Å². The molecular formula is C24H25N3O4. The van der Waals surface area contributed by atoms with Crippen molar-refractivity contribution in [2.45, 2.75) is 32.9 Å². The van der Waals surface area contributed by atoms with Crippen LogP contribution in [0.1, 0.15) is 27.4 Å². The van der Waals surface area contributed by atoms with E-state index in [1.54, 1.807) is 13.1 Å². The van der Waals surface area contributed by atoms with E-state index >= 15 is 0 Å². The standard InChI is InChI=1S/C24H25N3O4/c1-16-13-20(28)23(24(29)26-12-10-18-7-5-6-11-25-18)17(2)27(16)14-19-15-30-21-8-3-4-9-22(21)31-19/h3-9,11,13,19H,10,12,14-15H2,1-2H3,(H,26,29)/t19-/m0/s1. The molecule has 1 aliphatic rings. The minimum absolute atomic E-state index is 0.156. The van der Waals surface area contributed by atoms with Gasteiger partial charge in [0.2, 0.25) is 0 Å². The maximum absolute atomic E-state index is 12.8. The van der Waals surface area contributed by atoms with Crippen LogP contribution in [0.2, 0.25) is 0 Å². The highest BCUT2D eigenvalue weighted by Crippen LogP contribution is 2.31. The third-order valence-electron chi connectivity index (χ3n) is 5.35. The Kier molecular flexibility index (Phi) is 6.02. The Hall–Kier alpha value is -3.61. The monoisotopic (exact) mass is 419 g/mol. The number of hydrogen-bond donors (Lipinski definition) is 1. The number of fused-ring (bicyclic) bond motifs is 1. The van der Waals surface area contributed by atoms with E-state index < -0.39 is 0 Å². The molecule has 0 bridgehead atoms. The molecule has 0 unspecified atom stereocenters. The highest BCUT2D eigenvalue weighted by atomic mass is 16.6. The minimum Gasteiger partial charge on any atom is -0.486 e. The average molecular weight is 419 g/mol. The summed E-state index contributed by atoms with van der Waals surface area (Å²) >= 11 is 0. The van der Waals surface area contributed by atoms with Crippen LogP contribution in [0.25, 0.3) is 0 Å². The van der Waals surface area contributed by atoms with E-state index in [4.69, 9.17) is 9.47 Å². The molecule has 31 heavy (non-hydrogen) atoms. The van der Waals surface area contributed by atoms with Gasteiger partial charge < -0.3 is 19.4 Å². The van der Waals surface area contributed by atoms with Gasteiger partial charge in [-0.15, -0.1) is 0 Å². The second kappa shape index (κ2) is 9.04. The van der Waals surface area contributed by atoms with Crippen LogP contribution in [-0.4, -0.2) is 34.7 Å². The molecule has 2 aromatic heterocycles. The fourth-order valence-corrected chi connectivity index (χ4v) is 3.77. The first-order valence-electron chi connectivity index (χ1n) is 10.3. The molecule has 7 nitrogen and oxygen atoms in total. The summed E-state index contributed by atoms with van der Waals surface area (Å²) in [6.07, 6.45) is 2.09. The van der Waals surface area contributed by atoms with Gasteiger partial charge >= 0.3 is 0 Å². The fraction of sp³-hybridized carbons (Fsp3) is 0.292. The molecule has 4 rings (SSSR count). The molecule has 1 atom stereocenters. The summed E-state index contributed by atoms with van der Waals surface area (Å²) in [5.74, 6) is 1.04. The Balaban J connectivity index is 1.49. The van der Waals surface area contributed by atoms with Gasteiger partial charge in [-0.2, -0.15) is 0 Å². The van der Waals surface area contributed by atoms with Crippen molar-refractivity contribution in [1.82, 2.24) is 14.9 Å². The molecule has 160 valence electrons. The third-order valence-corrected chi connectivity index (χ3v) is 5.35. The summed E-state index contributed by atoms with van der Waals surface area (Å²) < 4.78 is 13.8. The van der Waals surface area contributed by atoms with Crippen molar-refractivity contribution in [1.29, 1.82) is 0 Å². The molecule has 0 spiro atoms. The van der Waals surface area contributed by atoms with Gasteiger partial charge in [-0.05, 0) is 38.1 Å². The highest BCUT2D eigenvalue weighted by Gasteiger charge is 2.24. The predicted molar refractivity (Wildman–Crippen MR) is 117 cm³/mol. The molecule has 0 fully saturated rings. The molecule has 0 saturated carbocycles. The summed E-state index contributed by atoms with van der Waals surface area (Å²) in [5, 5.41) is 2.84. The average Bonchev–Trinajstić information content (AvgIpc) is 2.77. The zero-order valence-electron chi connectivity index (χ0n) is 17.6. The molecule has 7 heteroatoms. The van der Waals surface area contributed by atoms with E-state index in [0.717, 1.165) is 17.1 Å². The van der Waals surface area contributed by atoms with Crippen LogP contribution in [0.15, 0.2) is 59.5 Å². The lowest BCUT2D eigenvalue weighted by molar-refractivity contribution is 0.0773. The number of aromatic nitrogens is 2. The highest BCUT2D eigenvalue weighted by molar-refractivity contribution is 5.95. The van der Waals surface area contributed by atoms with E-state index in [1.165, 1.54) is 6.07 Å². The molecular weight excluding hydrogens is 394 g/mol. The quantitative estimate of drug-likeness (QED) is 0.664. The zero-order chi connectivity index (χ0) is 21.8. The van der Waals surface area contributed by atoms with Gasteiger partial charge in [-0.3, -0.25) is 14.6 Å². The number of hydrogen-bond acceptors (Lipinski definition) is 5. The van der Waals surface area contributed by atoms with Crippen molar-refractivity contribution >= 4 is 5.91 Å². The van der Waals surface area contributed by atoms with Crippen molar-refractivity contribution in [2.75, 3.05) is 13.2 Å². The zero-order valence-corrected chi connectivity index (χ0v) is 17.6. The molecule has 0 saturated heterocycles. The van der Waals surface area contributed by atoms with Gasteiger partial charge in [0.15, 0.2) is 23.0 Å². The van der Waals surface area contributed by atoms with E-state index in [0.29, 0.717) is 37.6 Å². The number of ether oxygens (including phenoxy) is 2. The summed E-state index contributed by atoms with van der Waals surface area (Å²) in [5.41, 5.74) is 2.14. The normalized spacial score (nSPS) is 14.8. The number of nitrogens with zero attached hydrogens (tertiary/aromatic N) is 2. The van der Waals surface area contributed by atoms with E-state index in [2.05, 4.69) is 10.3 Å². The Morgan fingerprint density at radius 2 is 1.94 bits per heavy atom. The Morgan fingerprint density at radius 1 is 1.16 bits per heavy atom. The number of pyridine rings is 2. The Morgan fingerprint density at radius 3 is 2.71 bits per heavy atom. The number of amides is 1. The van der Waals surface area contributed by atoms with Gasteiger partial charge in [0.1, 0.15) is 12.2 Å². The van der Waals surface area contributed by atoms with Crippen LogP contribution in [0.5, 0.6) is 11.5 Å². The van der Waals surface area contributed by atoms with Crippen molar-refractivity contribution in [3.63, 3.8) is 0 Å². The van der Waals surface area contributed by atoms with Gasteiger partial charge in [0.05, 0.1) is 6.54 Å². The topological polar surface area (TPSA) is 82.5 Å². The summed E-state index contributed by atoms with van der Waals surface area (Å²) in [4.78, 5) is 29.6. The molecule has 1 amide bonds. The second-order valence-corrected chi connectivity index (χ2v) is 7.55. The minimum atomic E-state index is -0.377. The van der Waals surface area contributed by atoms with E-state index in [1.807, 2.05) is 54.0 Å². The van der Waals surface area contributed by atoms with Crippen LogP contribution >= 0.6 is 0 Å². The van der Waals surface area contributed by atoms with Crippen molar-refractivity contribution < 1.29 is 14.3 Å². The molecule has 1 N–H and O–H groups in total. The number of benzene rings is 1. The van der Waals surface area contributed by atoms with Crippen LogP contribution in [0.4, 0.5) is 0 Å². The fourth-order valence-electron chi connectivity index (χ4n) is 3.77. The number of carbonyl (C=O) groups is 1. The molecule has 3 heterocycles. The Bertz CT molecular complexity index is 1140. The number of carbonyl (C=O) groups excluding carboxylic acids is 1. The molecule has 1 aromatic carbocycles. The van der Waals surface area contributed by atoms with Crippen molar-refractivity contribution in [2.24, 2.45) is 0 Å². The number of rotatable bonds is 6. The summed E-state index contributed by atoms with van der Waals surface area (Å²) in [6.45, 7) is 4.92. The maximum atomic E-state index is 12.8. The number of nitrogens with one attached hydrogen (secondary N) is 1. The first-order chi connectivity index (χ1) is 15.0. The lowest BCUT2D eigenvalue weighted by Gasteiger charge is -2.28. The number of aryl methyl sites for hydroxylation is 1. The maximum Gasteiger partial charge on any atom is 0.257 e. The first kappa shape index (κ1) is 20.7. The third kappa shape index (κ3) is 4.60. The van der Waals surface area contributed by atoms with Crippen molar-refractivity contribution in [3.05, 3.63) is 87.6 Å². The SMILES string of the molecule is Cc1cc(=O)c(C(=O)NCCc2ccccn2)c(C)n1C[C@H]1COc2ccccc2O1. The van der Waals surface area contributed by atoms with Crippen LogP contribution < -0.4 is 20.2 Å². The van der Waals surface area contributed by atoms with Crippen LogP contribution in [0.3, 0.4) is 0 Å². The number of para-hydroxylation sites is 2. The van der Waals surface area contributed by atoms with Gasteiger partial charge in [-0.1, -0.05) is 18.2 Å². The second-order valence-electron chi connectivity index (χ2n) is 7.55. The largest absolute Gasteiger partial charge is 0.486 e. The molecule has 0 aliphatic carbocycles. The Labute approximate surface area is 180 Å². The summed E-state index contributed by atoms with van der Waals surface area (Å²) in [6, 6.07) is 14.7. The lowest BCUT2D eigenvalue weighted by atomic mass is 10.1. The van der Waals surface area contributed by atoms with Gasteiger partial charge in [-0.25, -0.2) is 0 Å². The van der Waals surface area contributed by atoms with Crippen LogP contribution in [-0.2, 0) is 13.0 Å². The molecule has 0 radical (unpaired) electrons. The summed E-state index contributed by atoms with van der Waals surface area (Å²) in [7, 11) is 0. The molecule has 1 aliphatic heterocycles. The lowest BCUT2D eigenvalue weighted by Crippen LogP contribution is -2.37. The van der Waals surface area contributed by atoms with E-state index in [-0.39, 0.29) is 23.0 Å².